The summed E-state index contributed by atoms with van der Waals surface area (Å²) in [6.07, 6.45) is 0. The predicted octanol–water partition coefficient (Wildman–Crippen LogP) is 4.95. The molecule has 146 valence electrons. The maximum Gasteiger partial charge on any atom is 0.339 e. The van der Waals surface area contributed by atoms with Crippen LogP contribution in [0.5, 0.6) is 0 Å². The molecule has 3 rings (SSSR count). The van der Waals surface area contributed by atoms with E-state index in [1.807, 2.05) is 32.0 Å². The molecule has 1 N–H and O–H groups in total. The second-order valence-electron chi connectivity index (χ2n) is 6.99. The van der Waals surface area contributed by atoms with Gasteiger partial charge in [-0.3, -0.25) is 4.79 Å². The third-order valence-electron chi connectivity index (χ3n) is 4.96. The number of nitrogens with zero attached hydrogens (tertiary/aromatic N) is 1. The van der Waals surface area contributed by atoms with E-state index in [1.165, 1.54) is 18.9 Å². The van der Waals surface area contributed by atoms with Crippen LogP contribution in [0.25, 0.3) is 10.9 Å². The smallest absolute Gasteiger partial charge is 0.339 e. The minimum absolute atomic E-state index is 0.0647. The number of ether oxygens (including phenoxy) is 1. The first-order valence-electron chi connectivity index (χ1n) is 9.10. The van der Waals surface area contributed by atoms with Crippen molar-refractivity contribution >= 4 is 34.4 Å². The fourth-order valence-electron chi connectivity index (χ4n) is 3.43. The van der Waals surface area contributed by atoms with Crippen LogP contribution in [0.4, 0.5) is 0 Å². The van der Waals surface area contributed by atoms with Gasteiger partial charge in [0.2, 0.25) is 0 Å². The topological polar surface area (TPSA) is 72.1 Å². The first-order valence-corrected chi connectivity index (χ1v) is 9.97. The maximum absolute atomic E-state index is 13.0. The number of thioether (sulfide) groups is 1. The number of fused-ring (bicyclic) bond motifs is 1. The van der Waals surface area contributed by atoms with Crippen LogP contribution in [0.1, 0.15) is 50.2 Å². The van der Waals surface area contributed by atoms with Gasteiger partial charge in [0.1, 0.15) is 0 Å². The van der Waals surface area contributed by atoms with Crippen molar-refractivity contribution < 1.29 is 14.3 Å². The van der Waals surface area contributed by atoms with E-state index in [0.717, 1.165) is 27.1 Å². The van der Waals surface area contributed by atoms with Crippen molar-refractivity contribution in [3.63, 3.8) is 0 Å². The highest BCUT2D eigenvalue weighted by Gasteiger charge is 2.26. The van der Waals surface area contributed by atoms with Gasteiger partial charge in [-0.25, -0.2) is 9.78 Å². The minimum Gasteiger partial charge on any atom is -0.465 e. The summed E-state index contributed by atoms with van der Waals surface area (Å²) in [5, 5.41) is 1.59. The first-order chi connectivity index (χ1) is 13.2. The molecule has 1 aromatic carbocycles. The van der Waals surface area contributed by atoms with E-state index < -0.39 is 5.97 Å². The van der Waals surface area contributed by atoms with E-state index >= 15 is 0 Å². The normalized spacial score (nSPS) is 12.2. The summed E-state index contributed by atoms with van der Waals surface area (Å²) < 4.78 is 4.83. The number of ketones is 1. The number of pyridine rings is 1. The van der Waals surface area contributed by atoms with E-state index in [9.17, 15) is 9.59 Å². The standard InChI is InChI=1S/C22H24N2O3S/c1-11-8-7-9-16-12(2)10-17(24-19(11)16)28-15(5)21(25)20-13(3)18(14(4)23-20)22(26)27-6/h7-10,15,23H,1-6H3/t15-/m0/s1. The second kappa shape index (κ2) is 7.80. The van der Waals surface area contributed by atoms with Gasteiger partial charge in [-0.1, -0.05) is 30.0 Å². The number of methoxy groups -OCH3 is 1. The number of nitrogens with one attached hydrogen (secondary N) is 1. The molecule has 3 aromatic rings. The lowest BCUT2D eigenvalue weighted by molar-refractivity contribution is 0.0599. The lowest BCUT2D eigenvalue weighted by Crippen LogP contribution is -2.15. The van der Waals surface area contributed by atoms with Crippen LogP contribution in [0.3, 0.4) is 0 Å². The third kappa shape index (κ3) is 3.56. The Hall–Kier alpha value is -2.60. The maximum atomic E-state index is 13.0. The largest absolute Gasteiger partial charge is 0.465 e. The molecule has 0 aliphatic heterocycles. The fraction of sp³-hybridized carbons (Fsp3) is 0.318. The van der Waals surface area contributed by atoms with Crippen molar-refractivity contribution in [1.82, 2.24) is 9.97 Å². The average Bonchev–Trinajstić information content (AvgIpc) is 2.95. The summed E-state index contributed by atoms with van der Waals surface area (Å²) in [6.45, 7) is 9.49. The highest BCUT2D eigenvalue weighted by atomic mass is 32.2. The van der Waals surface area contributed by atoms with Crippen LogP contribution in [0.2, 0.25) is 0 Å². The van der Waals surface area contributed by atoms with E-state index in [0.29, 0.717) is 22.5 Å². The number of Topliss-reactive ketones (excluding diaryl/α,β-unsaturated/α-hetero) is 1. The van der Waals surface area contributed by atoms with Crippen LogP contribution >= 0.6 is 11.8 Å². The van der Waals surface area contributed by atoms with E-state index in [-0.39, 0.29) is 11.0 Å². The molecule has 0 aliphatic carbocycles. The van der Waals surface area contributed by atoms with Gasteiger partial charge in [0.25, 0.3) is 0 Å². The number of rotatable bonds is 5. The quantitative estimate of drug-likeness (QED) is 0.375. The van der Waals surface area contributed by atoms with Crippen molar-refractivity contribution in [3.8, 4) is 0 Å². The van der Waals surface area contributed by atoms with Crippen LogP contribution in [0, 0.1) is 27.7 Å². The van der Waals surface area contributed by atoms with Gasteiger partial charge in [0.15, 0.2) is 5.78 Å². The summed E-state index contributed by atoms with van der Waals surface area (Å²) in [7, 11) is 1.34. The summed E-state index contributed by atoms with van der Waals surface area (Å²) in [5.41, 5.74) is 5.35. The second-order valence-corrected chi connectivity index (χ2v) is 8.35. The molecule has 0 saturated heterocycles. The zero-order valence-corrected chi connectivity index (χ0v) is 17.8. The van der Waals surface area contributed by atoms with Gasteiger partial charge in [0.05, 0.1) is 34.2 Å². The van der Waals surface area contributed by atoms with Gasteiger partial charge >= 0.3 is 5.97 Å². The Morgan fingerprint density at radius 3 is 2.54 bits per heavy atom. The van der Waals surface area contributed by atoms with Crippen molar-refractivity contribution in [2.45, 2.75) is 44.9 Å². The molecule has 0 spiro atoms. The molecule has 6 heteroatoms. The van der Waals surface area contributed by atoms with Crippen LogP contribution in [-0.4, -0.2) is 34.1 Å². The van der Waals surface area contributed by atoms with Gasteiger partial charge in [-0.05, 0) is 57.4 Å². The average molecular weight is 397 g/mol. The molecule has 0 aliphatic rings. The molecule has 0 saturated carbocycles. The number of aryl methyl sites for hydroxylation is 3. The summed E-state index contributed by atoms with van der Waals surface area (Å²) in [4.78, 5) is 32.8. The lowest BCUT2D eigenvalue weighted by atomic mass is 10.1. The summed E-state index contributed by atoms with van der Waals surface area (Å²) in [5.74, 6) is -0.502. The Bertz CT molecular complexity index is 1090. The van der Waals surface area contributed by atoms with Gasteiger partial charge < -0.3 is 9.72 Å². The van der Waals surface area contributed by atoms with E-state index in [2.05, 4.69) is 18.0 Å². The minimum atomic E-state index is -0.437. The zero-order chi connectivity index (χ0) is 20.6. The number of carbonyl (C=O) groups is 2. The molecular weight excluding hydrogens is 372 g/mol. The number of aromatic amines is 1. The molecule has 0 unspecified atom stereocenters. The Labute approximate surface area is 168 Å². The predicted molar refractivity (Wildman–Crippen MR) is 112 cm³/mol. The van der Waals surface area contributed by atoms with Crippen molar-refractivity contribution in [2.75, 3.05) is 7.11 Å². The van der Waals surface area contributed by atoms with Crippen molar-refractivity contribution in [1.29, 1.82) is 0 Å². The molecule has 0 bridgehead atoms. The number of aromatic nitrogens is 2. The third-order valence-corrected chi connectivity index (χ3v) is 5.98. The Morgan fingerprint density at radius 2 is 1.86 bits per heavy atom. The van der Waals surface area contributed by atoms with Gasteiger partial charge in [-0.2, -0.15) is 0 Å². The van der Waals surface area contributed by atoms with Crippen LogP contribution in [0.15, 0.2) is 29.3 Å². The van der Waals surface area contributed by atoms with E-state index in [4.69, 9.17) is 9.72 Å². The number of benzene rings is 1. The Balaban J connectivity index is 1.91. The molecule has 2 heterocycles. The van der Waals surface area contributed by atoms with Crippen LogP contribution < -0.4 is 0 Å². The molecule has 0 fully saturated rings. The molecule has 5 nitrogen and oxygen atoms in total. The molecule has 0 radical (unpaired) electrons. The molecular formula is C22H24N2O3S. The monoisotopic (exact) mass is 396 g/mol. The van der Waals surface area contributed by atoms with E-state index in [1.54, 1.807) is 13.8 Å². The molecule has 1 atom stereocenters. The Morgan fingerprint density at radius 1 is 1.14 bits per heavy atom. The molecule has 28 heavy (non-hydrogen) atoms. The SMILES string of the molecule is COC(=O)c1c(C)[nH]c(C(=O)[C@H](C)Sc2cc(C)c3cccc(C)c3n2)c1C. The number of hydrogen-bond acceptors (Lipinski definition) is 5. The van der Waals surface area contributed by atoms with Crippen molar-refractivity contribution in [3.05, 3.63) is 57.9 Å². The van der Waals surface area contributed by atoms with Crippen molar-refractivity contribution in [2.24, 2.45) is 0 Å². The number of carbonyl (C=O) groups excluding carboxylic acids is 2. The first kappa shape index (κ1) is 20.1. The van der Waals surface area contributed by atoms with Gasteiger partial charge in [0, 0.05) is 11.1 Å². The number of esters is 1. The summed E-state index contributed by atoms with van der Waals surface area (Å²) in [6, 6.07) is 8.15. The fourth-order valence-corrected chi connectivity index (χ4v) is 4.41. The zero-order valence-electron chi connectivity index (χ0n) is 17.0. The highest BCUT2D eigenvalue weighted by molar-refractivity contribution is 8.00. The van der Waals surface area contributed by atoms with Crippen LogP contribution in [-0.2, 0) is 4.74 Å². The molecule has 2 aromatic heterocycles. The lowest BCUT2D eigenvalue weighted by Gasteiger charge is -2.12. The number of hydrogen-bond donors (Lipinski definition) is 1. The number of para-hydroxylation sites is 1. The number of H-pyrrole nitrogens is 1. The highest BCUT2D eigenvalue weighted by Crippen LogP contribution is 2.30. The van der Waals surface area contributed by atoms with Gasteiger partial charge in [-0.15, -0.1) is 0 Å². The Kier molecular flexibility index (Phi) is 5.61. The molecule has 0 amide bonds. The summed E-state index contributed by atoms with van der Waals surface area (Å²) >= 11 is 1.43.